The zero-order valence-corrected chi connectivity index (χ0v) is 9.20. The number of halogens is 3. The van der Waals surface area contributed by atoms with Gasteiger partial charge in [-0.25, -0.2) is 18.6 Å². The number of nitrogens with one attached hydrogen (secondary N) is 1. The monoisotopic (exact) mass is 253 g/mol. The summed E-state index contributed by atoms with van der Waals surface area (Å²) in [6.45, 7) is 0. The minimum atomic E-state index is -0.797. The summed E-state index contributed by atoms with van der Waals surface area (Å²) in [6.07, 6.45) is 2.38. The Labute approximate surface area is 101 Å². The van der Waals surface area contributed by atoms with E-state index in [9.17, 15) is 13.2 Å². The first-order valence-electron chi connectivity index (χ1n) is 5.13. The first-order chi connectivity index (χ1) is 8.61. The maximum atomic E-state index is 13.6. The lowest BCUT2D eigenvalue weighted by Crippen LogP contribution is -2.29. The molecule has 1 aromatic carbocycles. The summed E-state index contributed by atoms with van der Waals surface area (Å²) >= 11 is 0. The third kappa shape index (κ3) is 2.49. The van der Waals surface area contributed by atoms with Gasteiger partial charge >= 0.3 is 0 Å². The lowest BCUT2D eigenvalue weighted by Gasteiger charge is -2.17. The molecule has 1 heterocycles. The zero-order valence-electron chi connectivity index (χ0n) is 9.20. The molecule has 18 heavy (non-hydrogen) atoms. The highest BCUT2D eigenvalue weighted by atomic mass is 19.1. The number of hydrogen-bond acceptors (Lipinski definition) is 3. The molecule has 0 saturated heterocycles. The van der Waals surface area contributed by atoms with E-state index in [4.69, 9.17) is 5.84 Å². The van der Waals surface area contributed by atoms with E-state index in [1.54, 1.807) is 0 Å². The Hall–Kier alpha value is -1.92. The first kappa shape index (κ1) is 12.5. The van der Waals surface area contributed by atoms with Crippen molar-refractivity contribution in [3.63, 3.8) is 0 Å². The van der Waals surface area contributed by atoms with Gasteiger partial charge in [0.2, 0.25) is 0 Å². The zero-order chi connectivity index (χ0) is 13.1. The third-order valence-electron chi connectivity index (χ3n) is 2.50. The molecule has 3 nitrogen and oxygen atoms in total. The first-order valence-corrected chi connectivity index (χ1v) is 5.13. The van der Waals surface area contributed by atoms with Gasteiger partial charge in [-0.1, -0.05) is 6.07 Å². The predicted molar refractivity (Wildman–Crippen MR) is 59.7 cm³/mol. The molecule has 0 amide bonds. The normalized spacial score (nSPS) is 12.4. The minimum Gasteiger partial charge on any atom is -0.271 e. The van der Waals surface area contributed by atoms with Crippen molar-refractivity contribution in [2.75, 3.05) is 0 Å². The molecule has 0 aliphatic rings. The highest BCUT2D eigenvalue weighted by Crippen LogP contribution is 2.24. The molecule has 6 heteroatoms. The Morgan fingerprint density at radius 1 is 1.06 bits per heavy atom. The third-order valence-corrected chi connectivity index (χ3v) is 2.50. The van der Waals surface area contributed by atoms with Gasteiger partial charge < -0.3 is 0 Å². The van der Waals surface area contributed by atoms with Gasteiger partial charge in [-0.2, -0.15) is 0 Å². The van der Waals surface area contributed by atoms with Crippen LogP contribution in [0.3, 0.4) is 0 Å². The number of pyridine rings is 1. The van der Waals surface area contributed by atoms with Crippen molar-refractivity contribution in [3.05, 3.63) is 65.2 Å². The van der Waals surface area contributed by atoms with Gasteiger partial charge in [0, 0.05) is 17.8 Å². The van der Waals surface area contributed by atoms with E-state index in [0.29, 0.717) is 5.56 Å². The van der Waals surface area contributed by atoms with E-state index < -0.39 is 23.5 Å². The van der Waals surface area contributed by atoms with Gasteiger partial charge in [0.05, 0.1) is 12.2 Å². The Morgan fingerprint density at radius 3 is 2.44 bits per heavy atom. The molecule has 94 valence electrons. The fourth-order valence-corrected chi connectivity index (χ4v) is 1.69. The number of aromatic nitrogens is 1. The molecular formula is C12H10F3N3. The molecule has 1 atom stereocenters. The van der Waals surface area contributed by atoms with Gasteiger partial charge in [0.15, 0.2) is 0 Å². The Balaban J connectivity index is 2.45. The molecule has 1 unspecified atom stereocenters. The summed E-state index contributed by atoms with van der Waals surface area (Å²) in [4.78, 5) is 3.66. The Kier molecular flexibility index (Phi) is 3.59. The van der Waals surface area contributed by atoms with Crippen LogP contribution in [-0.2, 0) is 0 Å². The van der Waals surface area contributed by atoms with Crippen LogP contribution in [0.1, 0.15) is 17.2 Å². The summed E-state index contributed by atoms with van der Waals surface area (Å²) in [5, 5.41) is 0. The molecule has 0 fully saturated rings. The maximum Gasteiger partial charge on any atom is 0.141 e. The molecule has 0 saturated carbocycles. The van der Waals surface area contributed by atoms with Crippen LogP contribution in [0.15, 0.2) is 36.7 Å². The lowest BCUT2D eigenvalue weighted by atomic mass is 10.0. The molecule has 2 rings (SSSR count). The Bertz CT molecular complexity index is 560. The Morgan fingerprint density at radius 2 is 1.83 bits per heavy atom. The quantitative estimate of drug-likeness (QED) is 0.650. The van der Waals surface area contributed by atoms with E-state index in [1.807, 2.05) is 0 Å². The molecule has 3 N–H and O–H groups in total. The summed E-state index contributed by atoms with van der Waals surface area (Å²) in [5.74, 6) is 3.32. The minimum absolute atomic E-state index is 0.117. The van der Waals surface area contributed by atoms with Crippen LogP contribution >= 0.6 is 0 Å². The molecule has 2 aromatic rings. The summed E-state index contributed by atoms with van der Waals surface area (Å²) in [7, 11) is 0. The van der Waals surface area contributed by atoms with Gasteiger partial charge in [-0.15, -0.1) is 0 Å². The van der Waals surface area contributed by atoms with E-state index >= 15 is 0 Å². The van der Waals surface area contributed by atoms with E-state index in [0.717, 1.165) is 18.3 Å². The van der Waals surface area contributed by atoms with Crippen LogP contribution in [0.5, 0.6) is 0 Å². The molecule has 1 aromatic heterocycles. The molecule has 0 radical (unpaired) electrons. The standard InChI is InChI=1S/C12H10F3N3/c13-8-1-2-10(11(15)4-8)12(18-16)7-3-9(14)6-17-5-7/h1-6,12,18H,16H2. The SMILES string of the molecule is NNC(c1cncc(F)c1)c1ccc(F)cc1F. The van der Waals surface area contributed by atoms with Crippen LogP contribution in [-0.4, -0.2) is 4.98 Å². The van der Waals surface area contributed by atoms with Crippen molar-refractivity contribution in [1.29, 1.82) is 0 Å². The summed E-state index contributed by atoms with van der Waals surface area (Å²) in [5.41, 5.74) is 2.82. The van der Waals surface area contributed by atoms with Crippen LogP contribution in [0.4, 0.5) is 13.2 Å². The highest BCUT2D eigenvalue weighted by molar-refractivity contribution is 5.31. The topological polar surface area (TPSA) is 50.9 Å². The maximum absolute atomic E-state index is 13.6. The predicted octanol–water partition coefficient (Wildman–Crippen LogP) is 2.05. The van der Waals surface area contributed by atoms with Crippen molar-refractivity contribution in [3.8, 4) is 0 Å². The average Bonchev–Trinajstić information content (AvgIpc) is 2.33. The average molecular weight is 253 g/mol. The highest BCUT2D eigenvalue weighted by Gasteiger charge is 2.17. The molecular weight excluding hydrogens is 243 g/mol. The van der Waals surface area contributed by atoms with E-state index in [1.165, 1.54) is 18.3 Å². The summed E-state index contributed by atoms with van der Waals surface area (Å²) in [6, 6.07) is 3.48. The largest absolute Gasteiger partial charge is 0.271 e. The van der Waals surface area contributed by atoms with Crippen LogP contribution in [0.25, 0.3) is 0 Å². The van der Waals surface area contributed by atoms with Crippen molar-refractivity contribution in [2.24, 2.45) is 5.84 Å². The van der Waals surface area contributed by atoms with Crippen molar-refractivity contribution >= 4 is 0 Å². The second kappa shape index (κ2) is 5.16. The number of benzene rings is 1. The van der Waals surface area contributed by atoms with Crippen molar-refractivity contribution in [2.45, 2.75) is 6.04 Å². The second-order valence-corrected chi connectivity index (χ2v) is 3.70. The van der Waals surface area contributed by atoms with Crippen LogP contribution < -0.4 is 11.3 Å². The van der Waals surface area contributed by atoms with Crippen molar-refractivity contribution < 1.29 is 13.2 Å². The van der Waals surface area contributed by atoms with Crippen LogP contribution in [0, 0.1) is 17.5 Å². The fourth-order valence-electron chi connectivity index (χ4n) is 1.69. The second-order valence-electron chi connectivity index (χ2n) is 3.70. The van der Waals surface area contributed by atoms with Gasteiger partial charge in [-0.05, 0) is 17.7 Å². The van der Waals surface area contributed by atoms with Gasteiger partial charge in [-0.3, -0.25) is 10.8 Å². The lowest BCUT2D eigenvalue weighted by molar-refractivity contribution is 0.537. The molecule has 0 aliphatic carbocycles. The molecule has 0 spiro atoms. The van der Waals surface area contributed by atoms with Gasteiger partial charge in [0.25, 0.3) is 0 Å². The number of nitrogens with two attached hydrogens (primary N) is 1. The van der Waals surface area contributed by atoms with E-state index in [2.05, 4.69) is 10.4 Å². The number of nitrogens with zero attached hydrogens (tertiary/aromatic N) is 1. The van der Waals surface area contributed by atoms with Gasteiger partial charge in [0.1, 0.15) is 17.5 Å². The smallest absolute Gasteiger partial charge is 0.141 e. The molecule has 0 aliphatic heterocycles. The van der Waals surface area contributed by atoms with Crippen molar-refractivity contribution in [1.82, 2.24) is 10.4 Å². The molecule has 0 bridgehead atoms. The van der Waals surface area contributed by atoms with Crippen LogP contribution in [0.2, 0.25) is 0 Å². The van der Waals surface area contributed by atoms with E-state index in [-0.39, 0.29) is 5.56 Å². The number of hydrogen-bond donors (Lipinski definition) is 2. The number of hydrazine groups is 1. The number of rotatable bonds is 3. The summed E-state index contributed by atoms with van der Waals surface area (Å²) < 4.78 is 39.5. The fraction of sp³-hybridized carbons (Fsp3) is 0.0833.